The number of anilines is 1. The molecule has 1 heterocycles. The molecule has 0 aromatic heterocycles. The summed E-state index contributed by atoms with van der Waals surface area (Å²) in [6.45, 7) is 19.3. The molecule has 0 bridgehead atoms. The second kappa shape index (κ2) is 13.5. The number of carbonyl (C=O) groups excluding carboxylic acids is 2. The average Bonchev–Trinajstić information content (AvgIpc) is 2.79. The summed E-state index contributed by atoms with van der Waals surface area (Å²) in [5.41, 5.74) is -0.387. The lowest BCUT2D eigenvalue weighted by atomic mass is 9.81. The van der Waals surface area contributed by atoms with Crippen molar-refractivity contribution in [2.45, 2.75) is 105 Å². The first kappa shape index (κ1) is 32.4. The molecule has 2 N–H and O–H groups in total. The van der Waals surface area contributed by atoms with E-state index in [-0.39, 0.29) is 12.5 Å². The van der Waals surface area contributed by atoms with Gasteiger partial charge in [-0.1, -0.05) is 57.8 Å². The standard InChI is InChI=1S/C30H50ClN3O4/c1-10-21(4)15-22(20(2)3)16-26(35)24(32-28(37)38-29(5,6)7)17-33-18-27(36)34(19-30(33,8)9)25-14-12-11-13-23(25)31/h11-14,20-22,24,26,35H,10,15-19H2,1-9H3,(H,32,37)/t21?,22-,24-,26-/m0/s1. The molecule has 1 saturated heterocycles. The van der Waals surface area contributed by atoms with E-state index < -0.39 is 29.4 Å². The normalized spacial score (nSPS) is 19.7. The van der Waals surface area contributed by atoms with E-state index in [1.165, 1.54) is 0 Å². The highest BCUT2D eigenvalue weighted by Gasteiger charge is 2.41. The molecule has 1 unspecified atom stereocenters. The molecule has 0 spiro atoms. The minimum atomic E-state index is -0.786. The Morgan fingerprint density at radius 3 is 2.37 bits per heavy atom. The SMILES string of the molecule is CCC(C)C[C@@H](C[C@H](O)[C@H](CN1CC(=O)N(c2ccccc2Cl)CC1(C)C)NC(=O)OC(C)(C)C)C(C)C. The average molecular weight is 552 g/mol. The number of ether oxygens (including phenoxy) is 1. The van der Waals surface area contributed by atoms with Crippen molar-refractivity contribution in [3.8, 4) is 0 Å². The third-order valence-corrected chi connectivity index (χ3v) is 7.96. The molecule has 4 atom stereocenters. The number of alkyl carbamates (subject to hydrolysis) is 1. The van der Waals surface area contributed by atoms with Gasteiger partial charge >= 0.3 is 6.09 Å². The van der Waals surface area contributed by atoms with Crippen LogP contribution in [0.2, 0.25) is 5.02 Å². The molecule has 0 saturated carbocycles. The number of amides is 2. The Morgan fingerprint density at radius 1 is 1.18 bits per heavy atom. The van der Waals surface area contributed by atoms with Crippen molar-refractivity contribution in [3.63, 3.8) is 0 Å². The second-order valence-corrected chi connectivity index (χ2v) is 13.3. The molecule has 2 rings (SSSR count). The summed E-state index contributed by atoms with van der Waals surface area (Å²) < 4.78 is 5.53. The second-order valence-electron chi connectivity index (χ2n) is 12.9. The number of piperazine rings is 1. The van der Waals surface area contributed by atoms with E-state index in [1.807, 2.05) is 43.9 Å². The van der Waals surface area contributed by atoms with Crippen LogP contribution in [-0.4, -0.2) is 64.9 Å². The number of aliphatic hydroxyl groups excluding tert-OH is 1. The minimum absolute atomic E-state index is 0.0697. The molecular weight excluding hydrogens is 502 g/mol. The number of nitrogens with zero attached hydrogens (tertiary/aromatic N) is 2. The molecule has 0 radical (unpaired) electrons. The molecule has 1 fully saturated rings. The van der Waals surface area contributed by atoms with Gasteiger partial charge in [-0.3, -0.25) is 9.69 Å². The van der Waals surface area contributed by atoms with Gasteiger partial charge in [-0.05, 0) is 77.3 Å². The molecule has 0 aliphatic carbocycles. The van der Waals surface area contributed by atoms with Gasteiger partial charge in [-0.15, -0.1) is 0 Å². The smallest absolute Gasteiger partial charge is 0.408 e. The van der Waals surface area contributed by atoms with Crippen LogP contribution in [0.15, 0.2) is 24.3 Å². The van der Waals surface area contributed by atoms with Gasteiger partial charge in [0.15, 0.2) is 0 Å². The molecule has 2 amide bonds. The molecule has 1 aromatic rings. The molecule has 1 aromatic carbocycles. The highest BCUT2D eigenvalue weighted by atomic mass is 35.5. The fourth-order valence-electron chi connectivity index (χ4n) is 5.00. The summed E-state index contributed by atoms with van der Waals surface area (Å²) in [7, 11) is 0. The third-order valence-electron chi connectivity index (χ3n) is 7.64. The van der Waals surface area contributed by atoms with Crippen LogP contribution < -0.4 is 10.2 Å². The Balaban J connectivity index is 2.26. The highest BCUT2D eigenvalue weighted by molar-refractivity contribution is 6.33. The maximum atomic E-state index is 13.3. The van der Waals surface area contributed by atoms with Crippen LogP contribution >= 0.6 is 11.6 Å². The first-order valence-electron chi connectivity index (χ1n) is 14.0. The highest BCUT2D eigenvalue weighted by Crippen LogP contribution is 2.32. The number of halogens is 1. The van der Waals surface area contributed by atoms with E-state index >= 15 is 0 Å². The van der Waals surface area contributed by atoms with Crippen LogP contribution in [0.3, 0.4) is 0 Å². The fraction of sp³-hybridized carbons (Fsp3) is 0.733. The number of hydrogen-bond donors (Lipinski definition) is 2. The molecule has 1 aliphatic rings. The van der Waals surface area contributed by atoms with Crippen LogP contribution in [0.1, 0.15) is 81.6 Å². The van der Waals surface area contributed by atoms with E-state index in [9.17, 15) is 14.7 Å². The van der Waals surface area contributed by atoms with Crippen molar-refractivity contribution in [3.05, 3.63) is 29.3 Å². The number of carbonyl (C=O) groups is 2. The summed E-state index contributed by atoms with van der Waals surface area (Å²) in [5, 5.41) is 15.0. The summed E-state index contributed by atoms with van der Waals surface area (Å²) in [5.74, 6) is 1.20. The van der Waals surface area contributed by atoms with Crippen LogP contribution in [-0.2, 0) is 9.53 Å². The summed E-state index contributed by atoms with van der Waals surface area (Å²) in [6, 6.07) is 6.76. The maximum absolute atomic E-state index is 13.3. The number of para-hydroxylation sites is 1. The van der Waals surface area contributed by atoms with Gasteiger partial charge in [0, 0.05) is 18.6 Å². The van der Waals surface area contributed by atoms with Crippen molar-refractivity contribution >= 4 is 29.3 Å². The van der Waals surface area contributed by atoms with E-state index in [4.69, 9.17) is 16.3 Å². The Morgan fingerprint density at radius 2 is 1.82 bits per heavy atom. The molecule has 1 aliphatic heterocycles. The van der Waals surface area contributed by atoms with Gasteiger partial charge in [-0.25, -0.2) is 4.79 Å². The lowest BCUT2D eigenvalue weighted by Crippen LogP contribution is -2.65. The van der Waals surface area contributed by atoms with Crippen LogP contribution in [0.5, 0.6) is 0 Å². The van der Waals surface area contributed by atoms with Gasteiger partial charge in [0.25, 0.3) is 0 Å². The lowest BCUT2D eigenvalue weighted by molar-refractivity contribution is -0.124. The van der Waals surface area contributed by atoms with Crippen molar-refractivity contribution in [1.82, 2.24) is 10.2 Å². The van der Waals surface area contributed by atoms with Crippen molar-refractivity contribution in [1.29, 1.82) is 0 Å². The molecule has 8 heteroatoms. The van der Waals surface area contributed by atoms with Crippen LogP contribution in [0.25, 0.3) is 0 Å². The largest absolute Gasteiger partial charge is 0.444 e. The van der Waals surface area contributed by atoms with Gasteiger partial charge in [0.1, 0.15) is 5.60 Å². The van der Waals surface area contributed by atoms with Crippen molar-refractivity contribution in [2.75, 3.05) is 24.5 Å². The minimum Gasteiger partial charge on any atom is -0.444 e. The van der Waals surface area contributed by atoms with Gasteiger partial charge in [0.2, 0.25) is 5.91 Å². The van der Waals surface area contributed by atoms with E-state index in [0.29, 0.717) is 48.0 Å². The Labute approximate surface area is 235 Å². The summed E-state index contributed by atoms with van der Waals surface area (Å²) >= 11 is 6.41. The Bertz CT molecular complexity index is 930. The predicted molar refractivity (Wildman–Crippen MR) is 156 cm³/mol. The summed E-state index contributed by atoms with van der Waals surface area (Å²) in [6.07, 6.45) is 1.32. The van der Waals surface area contributed by atoms with Crippen molar-refractivity contribution < 1.29 is 19.4 Å². The number of aliphatic hydroxyl groups is 1. The van der Waals surface area contributed by atoms with Gasteiger partial charge < -0.3 is 20.1 Å². The lowest BCUT2D eigenvalue weighted by Gasteiger charge is -2.48. The zero-order valence-electron chi connectivity index (χ0n) is 24.9. The molecule has 216 valence electrons. The predicted octanol–water partition coefficient (Wildman–Crippen LogP) is 6.12. The number of hydrogen-bond acceptors (Lipinski definition) is 5. The summed E-state index contributed by atoms with van der Waals surface area (Å²) in [4.78, 5) is 29.9. The zero-order valence-corrected chi connectivity index (χ0v) is 25.6. The first-order chi connectivity index (χ1) is 17.5. The van der Waals surface area contributed by atoms with Crippen LogP contribution in [0.4, 0.5) is 10.5 Å². The zero-order chi connectivity index (χ0) is 28.8. The van der Waals surface area contributed by atoms with E-state index in [1.54, 1.807) is 11.0 Å². The topological polar surface area (TPSA) is 82.1 Å². The monoisotopic (exact) mass is 551 g/mol. The van der Waals surface area contributed by atoms with Crippen molar-refractivity contribution in [2.24, 2.45) is 17.8 Å². The van der Waals surface area contributed by atoms with E-state index in [0.717, 1.165) is 12.8 Å². The van der Waals surface area contributed by atoms with E-state index in [2.05, 4.69) is 46.9 Å². The molecule has 7 nitrogen and oxygen atoms in total. The number of rotatable bonds is 11. The Kier molecular flexibility index (Phi) is 11.5. The number of nitrogens with one attached hydrogen (secondary N) is 1. The Hall–Kier alpha value is -1.83. The van der Waals surface area contributed by atoms with Crippen LogP contribution in [0, 0.1) is 17.8 Å². The molecular formula is C30H50ClN3O4. The number of benzene rings is 1. The maximum Gasteiger partial charge on any atom is 0.408 e. The fourth-order valence-corrected chi connectivity index (χ4v) is 5.24. The van der Waals surface area contributed by atoms with Gasteiger partial charge in [-0.2, -0.15) is 0 Å². The van der Waals surface area contributed by atoms with Gasteiger partial charge in [0.05, 0.1) is 29.4 Å². The first-order valence-corrected chi connectivity index (χ1v) is 14.4. The third kappa shape index (κ3) is 9.42. The quantitative estimate of drug-likeness (QED) is 0.346. The molecule has 38 heavy (non-hydrogen) atoms.